The molecular formula is C14H19N3O4. The van der Waals surface area contributed by atoms with Crippen LogP contribution in [0.5, 0.6) is 0 Å². The maximum absolute atomic E-state index is 12.5. The van der Waals surface area contributed by atoms with Crippen molar-refractivity contribution >= 4 is 11.9 Å². The standard InChI is InChI=1S/C14H19N3O4/c18-12(10-11(13(19)20)16-8-15-10)17-6-5-14(21)4-2-1-3-9(14)7-17/h8-9,21H,1-7H2,(H,15,16)(H,19,20). The lowest BCUT2D eigenvalue weighted by molar-refractivity contribution is -0.0886. The van der Waals surface area contributed by atoms with E-state index in [1.165, 1.54) is 6.33 Å². The maximum atomic E-state index is 12.5. The summed E-state index contributed by atoms with van der Waals surface area (Å²) >= 11 is 0. The summed E-state index contributed by atoms with van der Waals surface area (Å²) in [6.45, 7) is 0.916. The predicted octanol–water partition coefficient (Wildman–Crippen LogP) is 0.875. The molecule has 1 aromatic rings. The van der Waals surface area contributed by atoms with E-state index in [2.05, 4.69) is 9.97 Å². The number of fused-ring (bicyclic) bond motifs is 1. The number of carbonyl (C=O) groups is 2. The van der Waals surface area contributed by atoms with Crippen LogP contribution in [0, 0.1) is 5.92 Å². The molecule has 7 heteroatoms. The molecule has 2 atom stereocenters. The van der Waals surface area contributed by atoms with E-state index in [-0.39, 0.29) is 23.2 Å². The number of carbonyl (C=O) groups excluding carboxylic acids is 1. The Balaban J connectivity index is 1.77. The molecule has 3 rings (SSSR count). The van der Waals surface area contributed by atoms with Gasteiger partial charge in [-0.3, -0.25) is 4.79 Å². The van der Waals surface area contributed by atoms with Gasteiger partial charge in [-0.05, 0) is 19.3 Å². The van der Waals surface area contributed by atoms with Crippen LogP contribution in [-0.2, 0) is 0 Å². The Kier molecular flexibility index (Phi) is 3.44. The van der Waals surface area contributed by atoms with Gasteiger partial charge in [0.2, 0.25) is 0 Å². The molecule has 3 N–H and O–H groups in total. The highest BCUT2D eigenvalue weighted by Crippen LogP contribution is 2.40. The summed E-state index contributed by atoms with van der Waals surface area (Å²) in [6, 6.07) is 0. The highest BCUT2D eigenvalue weighted by atomic mass is 16.4. The number of amides is 1. The van der Waals surface area contributed by atoms with Crippen molar-refractivity contribution < 1.29 is 19.8 Å². The van der Waals surface area contributed by atoms with Crippen molar-refractivity contribution in [2.75, 3.05) is 13.1 Å². The lowest BCUT2D eigenvalue weighted by Gasteiger charge is -2.47. The van der Waals surface area contributed by atoms with E-state index < -0.39 is 11.6 Å². The van der Waals surface area contributed by atoms with Crippen LogP contribution < -0.4 is 0 Å². The van der Waals surface area contributed by atoms with Crippen molar-refractivity contribution in [3.8, 4) is 0 Å². The molecule has 2 fully saturated rings. The third-order valence-electron chi connectivity index (χ3n) is 4.77. The van der Waals surface area contributed by atoms with Gasteiger partial charge in [0.1, 0.15) is 0 Å². The van der Waals surface area contributed by atoms with E-state index in [1.807, 2.05) is 0 Å². The zero-order valence-corrected chi connectivity index (χ0v) is 11.7. The summed E-state index contributed by atoms with van der Waals surface area (Å²) in [6.07, 6.45) is 5.57. The number of aromatic carboxylic acids is 1. The molecule has 1 aliphatic heterocycles. The average molecular weight is 293 g/mol. The molecule has 0 bridgehead atoms. The first-order valence-electron chi connectivity index (χ1n) is 7.29. The Bertz CT molecular complexity index is 570. The fraction of sp³-hybridized carbons (Fsp3) is 0.643. The topological polar surface area (TPSA) is 107 Å². The number of H-pyrrole nitrogens is 1. The van der Waals surface area contributed by atoms with Crippen LogP contribution in [0.1, 0.15) is 53.1 Å². The quantitative estimate of drug-likeness (QED) is 0.750. The van der Waals surface area contributed by atoms with Gasteiger partial charge < -0.3 is 20.1 Å². The van der Waals surface area contributed by atoms with Crippen molar-refractivity contribution in [2.45, 2.75) is 37.7 Å². The Hall–Kier alpha value is -1.89. The van der Waals surface area contributed by atoms with Gasteiger partial charge in [0.05, 0.1) is 11.9 Å². The number of rotatable bonds is 2. The molecule has 2 aliphatic rings. The predicted molar refractivity (Wildman–Crippen MR) is 73.0 cm³/mol. The minimum absolute atomic E-state index is 0.0521. The molecule has 21 heavy (non-hydrogen) atoms. The molecule has 1 saturated carbocycles. The van der Waals surface area contributed by atoms with Gasteiger partial charge in [0.15, 0.2) is 11.4 Å². The normalized spacial score (nSPS) is 29.0. The number of hydrogen-bond acceptors (Lipinski definition) is 4. The molecule has 7 nitrogen and oxygen atoms in total. The lowest BCUT2D eigenvalue weighted by atomic mass is 9.71. The Labute approximate surface area is 122 Å². The highest BCUT2D eigenvalue weighted by Gasteiger charge is 2.44. The minimum atomic E-state index is -1.19. The van der Waals surface area contributed by atoms with Crippen LogP contribution in [0.2, 0.25) is 0 Å². The minimum Gasteiger partial charge on any atom is -0.477 e. The SMILES string of the molecule is O=C(O)c1[nH]cnc1C(=O)N1CCC2(O)CCCCC2C1. The zero-order valence-electron chi connectivity index (χ0n) is 11.7. The Morgan fingerprint density at radius 2 is 2.19 bits per heavy atom. The molecule has 1 aliphatic carbocycles. The van der Waals surface area contributed by atoms with Crippen molar-refractivity contribution in [3.05, 3.63) is 17.7 Å². The van der Waals surface area contributed by atoms with Crippen LogP contribution in [0.25, 0.3) is 0 Å². The third-order valence-corrected chi connectivity index (χ3v) is 4.77. The highest BCUT2D eigenvalue weighted by molar-refractivity contribution is 6.02. The number of nitrogens with one attached hydrogen (secondary N) is 1. The first-order valence-corrected chi connectivity index (χ1v) is 7.29. The van der Waals surface area contributed by atoms with E-state index in [9.17, 15) is 14.7 Å². The van der Waals surface area contributed by atoms with Gasteiger partial charge >= 0.3 is 5.97 Å². The molecule has 1 aromatic heterocycles. The maximum Gasteiger partial charge on any atom is 0.354 e. The van der Waals surface area contributed by atoms with E-state index in [4.69, 9.17) is 5.11 Å². The van der Waals surface area contributed by atoms with Crippen LogP contribution in [0.3, 0.4) is 0 Å². The molecular weight excluding hydrogens is 274 g/mol. The Morgan fingerprint density at radius 1 is 1.38 bits per heavy atom. The fourth-order valence-electron chi connectivity index (χ4n) is 3.52. The first-order chi connectivity index (χ1) is 10.0. The van der Waals surface area contributed by atoms with Crippen LogP contribution >= 0.6 is 0 Å². The van der Waals surface area contributed by atoms with Crippen LogP contribution in [0.15, 0.2) is 6.33 Å². The summed E-state index contributed by atoms with van der Waals surface area (Å²) in [7, 11) is 0. The Morgan fingerprint density at radius 3 is 2.95 bits per heavy atom. The largest absolute Gasteiger partial charge is 0.477 e. The molecule has 2 heterocycles. The summed E-state index contributed by atoms with van der Waals surface area (Å²) in [5.74, 6) is -1.49. The van der Waals surface area contributed by atoms with E-state index >= 15 is 0 Å². The van der Waals surface area contributed by atoms with Gasteiger partial charge in [-0.25, -0.2) is 9.78 Å². The zero-order chi connectivity index (χ0) is 15.0. The number of aromatic amines is 1. The summed E-state index contributed by atoms with van der Waals surface area (Å²) < 4.78 is 0. The lowest BCUT2D eigenvalue weighted by Crippen LogP contribution is -2.54. The van der Waals surface area contributed by atoms with Gasteiger partial charge in [0, 0.05) is 19.0 Å². The second-order valence-electron chi connectivity index (χ2n) is 5.98. The van der Waals surface area contributed by atoms with Crippen LogP contribution in [-0.4, -0.2) is 55.6 Å². The molecule has 2 unspecified atom stereocenters. The number of piperidine rings is 1. The molecule has 0 aromatic carbocycles. The van der Waals surface area contributed by atoms with Crippen molar-refractivity contribution in [3.63, 3.8) is 0 Å². The monoisotopic (exact) mass is 293 g/mol. The van der Waals surface area contributed by atoms with Gasteiger partial charge in [-0.2, -0.15) is 0 Å². The van der Waals surface area contributed by atoms with Gasteiger partial charge in [-0.15, -0.1) is 0 Å². The second-order valence-corrected chi connectivity index (χ2v) is 5.98. The van der Waals surface area contributed by atoms with Crippen molar-refractivity contribution in [2.24, 2.45) is 5.92 Å². The number of imidazole rings is 1. The number of nitrogens with zero attached hydrogens (tertiary/aromatic N) is 2. The summed E-state index contributed by atoms with van der Waals surface area (Å²) in [4.78, 5) is 31.5. The van der Waals surface area contributed by atoms with Crippen molar-refractivity contribution in [1.82, 2.24) is 14.9 Å². The van der Waals surface area contributed by atoms with E-state index in [0.29, 0.717) is 19.5 Å². The smallest absolute Gasteiger partial charge is 0.354 e. The fourth-order valence-corrected chi connectivity index (χ4v) is 3.52. The number of likely N-dealkylation sites (tertiary alicyclic amines) is 1. The number of carboxylic acid groups (broad SMARTS) is 1. The molecule has 114 valence electrons. The number of aromatic nitrogens is 2. The number of aliphatic hydroxyl groups is 1. The summed E-state index contributed by atoms with van der Waals surface area (Å²) in [5, 5.41) is 19.7. The van der Waals surface area contributed by atoms with Gasteiger partial charge in [0.25, 0.3) is 5.91 Å². The molecule has 1 amide bonds. The third kappa shape index (κ3) is 2.42. The molecule has 0 spiro atoms. The molecule has 0 radical (unpaired) electrons. The first kappa shape index (κ1) is 14.1. The van der Waals surface area contributed by atoms with E-state index in [1.54, 1.807) is 4.90 Å². The van der Waals surface area contributed by atoms with Crippen molar-refractivity contribution in [1.29, 1.82) is 0 Å². The second kappa shape index (κ2) is 5.14. The number of carboxylic acids is 1. The average Bonchev–Trinajstić information content (AvgIpc) is 2.95. The molecule has 1 saturated heterocycles. The van der Waals surface area contributed by atoms with Gasteiger partial charge in [-0.1, -0.05) is 12.8 Å². The number of hydrogen-bond donors (Lipinski definition) is 3. The van der Waals surface area contributed by atoms with E-state index in [0.717, 1.165) is 25.7 Å². The van der Waals surface area contributed by atoms with Crippen LogP contribution in [0.4, 0.5) is 0 Å². The summed E-state index contributed by atoms with van der Waals surface area (Å²) in [5.41, 5.74) is -0.885.